The summed E-state index contributed by atoms with van der Waals surface area (Å²) in [5.41, 5.74) is 1.43. The minimum absolute atomic E-state index is 0.203. The third-order valence-corrected chi connectivity index (χ3v) is 5.15. The highest BCUT2D eigenvalue weighted by Crippen LogP contribution is 2.39. The first-order valence-electron chi connectivity index (χ1n) is 8.94. The summed E-state index contributed by atoms with van der Waals surface area (Å²) in [5.74, 6) is 0.433. The number of benzene rings is 1. The van der Waals surface area contributed by atoms with Crippen molar-refractivity contribution in [3.8, 4) is 17.6 Å². The normalized spacial score (nSPS) is 12.0. The first kappa shape index (κ1) is 20.9. The number of hydrogen-bond acceptors (Lipinski definition) is 5. The van der Waals surface area contributed by atoms with Crippen molar-refractivity contribution in [1.29, 1.82) is 0 Å². The van der Waals surface area contributed by atoms with Gasteiger partial charge in [-0.05, 0) is 41.4 Å². The molecule has 1 heterocycles. The van der Waals surface area contributed by atoms with Gasteiger partial charge in [-0.2, -0.15) is 4.98 Å². The highest BCUT2D eigenvalue weighted by atomic mass is 19.1. The number of rotatable bonds is 8. The molecule has 2 aromatic rings. The van der Waals surface area contributed by atoms with Crippen molar-refractivity contribution in [2.75, 3.05) is 21.3 Å². The molecule has 0 N–H and O–H groups in total. The molecule has 5 nitrogen and oxygen atoms in total. The first-order chi connectivity index (χ1) is 12.6. The molecule has 0 unspecified atom stereocenters. The lowest BCUT2D eigenvalue weighted by Gasteiger charge is -2.32. The molecule has 6 heteroatoms. The standard InChI is InChI=1S/C21H29FN2O3/c1-20(2,14-8-9-17(25-5)16(22)12-14)10-11-21(3,4)15-13-23-19(27-7)24-18(15)26-6/h8-9,12-13H,10-11H2,1-7H3. The van der Waals surface area contributed by atoms with E-state index in [0.717, 1.165) is 24.0 Å². The van der Waals surface area contributed by atoms with E-state index >= 15 is 0 Å². The molecule has 0 saturated heterocycles. The Bertz CT molecular complexity index is 791. The van der Waals surface area contributed by atoms with Crippen LogP contribution in [0.15, 0.2) is 24.4 Å². The SMILES string of the molecule is COc1ncc(C(C)(C)CCC(C)(C)c2ccc(OC)c(F)c2)c(OC)n1. The van der Waals surface area contributed by atoms with Crippen LogP contribution in [-0.4, -0.2) is 31.3 Å². The van der Waals surface area contributed by atoms with Crippen LogP contribution >= 0.6 is 0 Å². The van der Waals surface area contributed by atoms with Crippen LogP contribution in [0.3, 0.4) is 0 Å². The van der Waals surface area contributed by atoms with Gasteiger partial charge in [0, 0.05) is 11.8 Å². The topological polar surface area (TPSA) is 53.5 Å². The second-order valence-electron chi connectivity index (χ2n) is 7.90. The quantitative estimate of drug-likeness (QED) is 0.670. The minimum atomic E-state index is -0.340. The summed E-state index contributed by atoms with van der Waals surface area (Å²) >= 11 is 0. The molecule has 0 spiro atoms. The zero-order valence-corrected chi connectivity index (χ0v) is 17.2. The van der Waals surface area contributed by atoms with Crippen LogP contribution in [0.5, 0.6) is 17.6 Å². The first-order valence-corrected chi connectivity index (χ1v) is 8.94. The van der Waals surface area contributed by atoms with E-state index in [1.807, 2.05) is 6.07 Å². The third kappa shape index (κ3) is 4.67. The van der Waals surface area contributed by atoms with Gasteiger partial charge in [0.1, 0.15) is 0 Å². The van der Waals surface area contributed by atoms with Crippen LogP contribution in [0.1, 0.15) is 51.7 Å². The van der Waals surface area contributed by atoms with Gasteiger partial charge >= 0.3 is 6.01 Å². The van der Waals surface area contributed by atoms with E-state index in [9.17, 15) is 4.39 Å². The Hall–Kier alpha value is -2.37. The highest BCUT2D eigenvalue weighted by Gasteiger charge is 2.31. The van der Waals surface area contributed by atoms with E-state index in [2.05, 4.69) is 37.7 Å². The Kier molecular flexibility index (Phi) is 6.29. The number of hydrogen-bond donors (Lipinski definition) is 0. The molecule has 0 atom stereocenters. The number of ether oxygens (including phenoxy) is 3. The molecule has 1 aromatic heterocycles. The lowest BCUT2D eigenvalue weighted by atomic mass is 9.73. The predicted molar refractivity (Wildman–Crippen MR) is 103 cm³/mol. The van der Waals surface area contributed by atoms with E-state index in [-0.39, 0.29) is 28.4 Å². The van der Waals surface area contributed by atoms with Crippen LogP contribution in [0.4, 0.5) is 4.39 Å². The fraction of sp³-hybridized carbons (Fsp3) is 0.524. The molecule has 0 aliphatic heterocycles. The molecule has 0 aliphatic carbocycles. The predicted octanol–water partition coefficient (Wildman–Crippen LogP) is 4.68. The van der Waals surface area contributed by atoms with Crippen molar-refractivity contribution in [3.05, 3.63) is 41.3 Å². The fourth-order valence-electron chi connectivity index (χ4n) is 3.06. The van der Waals surface area contributed by atoms with Crippen molar-refractivity contribution in [2.24, 2.45) is 0 Å². The molecular formula is C21H29FN2O3. The van der Waals surface area contributed by atoms with Crippen LogP contribution in [0.2, 0.25) is 0 Å². The smallest absolute Gasteiger partial charge is 0.319 e. The van der Waals surface area contributed by atoms with E-state index < -0.39 is 0 Å². The molecule has 0 fully saturated rings. The van der Waals surface area contributed by atoms with Gasteiger partial charge in [-0.1, -0.05) is 33.8 Å². The summed E-state index contributed by atoms with van der Waals surface area (Å²) in [4.78, 5) is 8.52. The van der Waals surface area contributed by atoms with Gasteiger partial charge in [0.25, 0.3) is 0 Å². The van der Waals surface area contributed by atoms with E-state index in [0.29, 0.717) is 5.88 Å². The maximum absolute atomic E-state index is 14.1. The molecule has 0 radical (unpaired) electrons. The second-order valence-corrected chi connectivity index (χ2v) is 7.90. The maximum atomic E-state index is 14.1. The van der Waals surface area contributed by atoms with Crippen molar-refractivity contribution >= 4 is 0 Å². The van der Waals surface area contributed by atoms with Gasteiger partial charge in [-0.15, -0.1) is 0 Å². The summed E-state index contributed by atoms with van der Waals surface area (Å²) in [6.45, 7) is 8.49. The molecule has 1 aromatic carbocycles. The molecule has 0 bridgehead atoms. The molecular weight excluding hydrogens is 347 g/mol. The zero-order chi connectivity index (χ0) is 20.2. The van der Waals surface area contributed by atoms with Crippen molar-refractivity contribution in [1.82, 2.24) is 9.97 Å². The van der Waals surface area contributed by atoms with Crippen LogP contribution < -0.4 is 14.2 Å². The number of halogens is 1. The summed E-state index contributed by atoms with van der Waals surface area (Å²) in [7, 11) is 4.58. The average molecular weight is 376 g/mol. The molecule has 0 aliphatic rings. The average Bonchev–Trinajstić information content (AvgIpc) is 2.65. The van der Waals surface area contributed by atoms with Gasteiger partial charge in [0.15, 0.2) is 11.6 Å². The van der Waals surface area contributed by atoms with Crippen molar-refractivity contribution in [3.63, 3.8) is 0 Å². The van der Waals surface area contributed by atoms with E-state index in [4.69, 9.17) is 14.2 Å². The minimum Gasteiger partial charge on any atom is -0.494 e. The Morgan fingerprint density at radius 2 is 1.59 bits per heavy atom. The Morgan fingerprint density at radius 1 is 0.926 bits per heavy atom. The van der Waals surface area contributed by atoms with Crippen LogP contribution in [0.25, 0.3) is 0 Å². The molecule has 2 rings (SSSR count). The molecule has 27 heavy (non-hydrogen) atoms. The van der Waals surface area contributed by atoms with Crippen LogP contribution in [-0.2, 0) is 10.8 Å². The van der Waals surface area contributed by atoms with Gasteiger partial charge < -0.3 is 14.2 Å². The summed E-state index contributed by atoms with van der Waals surface area (Å²) in [5, 5.41) is 0. The molecule has 148 valence electrons. The molecule has 0 amide bonds. The van der Waals surface area contributed by atoms with E-state index in [1.54, 1.807) is 25.4 Å². The summed E-state index contributed by atoms with van der Waals surface area (Å²) < 4.78 is 29.7. The largest absolute Gasteiger partial charge is 0.494 e. The third-order valence-electron chi connectivity index (χ3n) is 5.15. The number of methoxy groups -OCH3 is 3. The second kappa shape index (κ2) is 8.11. The van der Waals surface area contributed by atoms with Crippen molar-refractivity contribution in [2.45, 2.75) is 51.4 Å². The number of nitrogens with zero attached hydrogens (tertiary/aromatic N) is 2. The maximum Gasteiger partial charge on any atom is 0.319 e. The Morgan fingerprint density at radius 3 is 2.15 bits per heavy atom. The van der Waals surface area contributed by atoms with Crippen molar-refractivity contribution < 1.29 is 18.6 Å². The lowest BCUT2D eigenvalue weighted by Crippen LogP contribution is -2.25. The lowest BCUT2D eigenvalue weighted by molar-refractivity contribution is 0.325. The Labute approximate surface area is 160 Å². The van der Waals surface area contributed by atoms with Crippen LogP contribution in [0, 0.1) is 5.82 Å². The van der Waals surface area contributed by atoms with Gasteiger partial charge in [-0.3, -0.25) is 0 Å². The summed E-state index contributed by atoms with van der Waals surface area (Å²) in [6, 6.07) is 5.44. The van der Waals surface area contributed by atoms with Gasteiger partial charge in [0.2, 0.25) is 5.88 Å². The fourth-order valence-corrected chi connectivity index (χ4v) is 3.06. The van der Waals surface area contributed by atoms with E-state index in [1.165, 1.54) is 14.2 Å². The number of aromatic nitrogens is 2. The molecule has 0 saturated carbocycles. The Balaban J connectivity index is 2.21. The van der Waals surface area contributed by atoms with Gasteiger partial charge in [0.05, 0.1) is 21.3 Å². The van der Waals surface area contributed by atoms with Gasteiger partial charge in [-0.25, -0.2) is 9.37 Å². The zero-order valence-electron chi connectivity index (χ0n) is 17.2. The monoisotopic (exact) mass is 376 g/mol. The highest BCUT2D eigenvalue weighted by molar-refractivity contribution is 5.35. The summed E-state index contributed by atoms with van der Waals surface area (Å²) in [6.07, 6.45) is 3.45.